The molecule has 0 saturated carbocycles. The molecule has 1 heterocycles. The second-order valence-corrected chi connectivity index (χ2v) is 5.38. The number of hydrogen-bond acceptors (Lipinski definition) is 1. The van der Waals surface area contributed by atoms with Gasteiger partial charge in [-0.1, -0.05) is 55.8 Å². The molecule has 1 fully saturated rings. The summed E-state index contributed by atoms with van der Waals surface area (Å²) in [5.74, 6) is 0.629. The van der Waals surface area contributed by atoms with Crippen molar-refractivity contribution in [1.29, 1.82) is 0 Å². The zero-order valence-electron chi connectivity index (χ0n) is 11.5. The molecular weight excluding hydrogens is 218 g/mol. The predicted molar refractivity (Wildman–Crippen MR) is 78.9 cm³/mol. The van der Waals surface area contributed by atoms with Crippen LogP contribution in [-0.2, 0) is 0 Å². The number of piperidine rings is 1. The lowest BCUT2D eigenvalue weighted by atomic mass is 9.98. The Morgan fingerprint density at radius 2 is 1.78 bits per heavy atom. The van der Waals surface area contributed by atoms with Crippen LogP contribution in [0.2, 0.25) is 0 Å². The molecular formula is C17H25N. The summed E-state index contributed by atoms with van der Waals surface area (Å²) in [4.78, 5) is 2.56. The smallest absolute Gasteiger partial charge is 0.0163 e. The molecule has 1 aromatic carbocycles. The molecule has 2 rings (SSSR count). The van der Waals surface area contributed by atoms with E-state index >= 15 is 0 Å². The van der Waals surface area contributed by atoms with Gasteiger partial charge in [0.25, 0.3) is 0 Å². The summed E-state index contributed by atoms with van der Waals surface area (Å²) < 4.78 is 0. The Bertz CT molecular complexity index is 349. The van der Waals surface area contributed by atoms with Crippen LogP contribution in [0.15, 0.2) is 42.5 Å². The summed E-state index contributed by atoms with van der Waals surface area (Å²) in [5.41, 5.74) is 1.44. The first-order valence-corrected chi connectivity index (χ1v) is 7.28. The first-order valence-electron chi connectivity index (χ1n) is 7.28. The molecule has 1 saturated heterocycles. The first kappa shape index (κ1) is 13.4. The van der Waals surface area contributed by atoms with Gasteiger partial charge >= 0.3 is 0 Å². The van der Waals surface area contributed by atoms with Crippen molar-refractivity contribution in [1.82, 2.24) is 4.90 Å². The van der Waals surface area contributed by atoms with Crippen LogP contribution in [-0.4, -0.2) is 24.5 Å². The van der Waals surface area contributed by atoms with Crippen LogP contribution in [0.1, 0.15) is 44.1 Å². The van der Waals surface area contributed by atoms with Crippen LogP contribution in [0.3, 0.4) is 0 Å². The van der Waals surface area contributed by atoms with Crippen LogP contribution in [0.25, 0.3) is 0 Å². The molecule has 18 heavy (non-hydrogen) atoms. The van der Waals surface area contributed by atoms with E-state index in [0.717, 1.165) is 13.0 Å². The second-order valence-electron chi connectivity index (χ2n) is 5.38. The molecule has 0 aromatic heterocycles. The summed E-state index contributed by atoms with van der Waals surface area (Å²) in [6.07, 6.45) is 10.0. The van der Waals surface area contributed by atoms with E-state index in [2.05, 4.69) is 54.3 Å². The van der Waals surface area contributed by atoms with Crippen LogP contribution in [0, 0.1) is 0 Å². The highest BCUT2D eigenvalue weighted by Gasteiger charge is 2.07. The van der Waals surface area contributed by atoms with Crippen molar-refractivity contribution in [3.8, 4) is 0 Å². The maximum Gasteiger partial charge on any atom is 0.0163 e. The lowest BCUT2D eigenvalue weighted by Gasteiger charge is -2.24. The molecule has 0 bridgehead atoms. The number of likely N-dealkylation sites (tertiary alicyclic amines) is 1. The highest BCUT2D eigenvalue weighted by atomic mass is 15.1. The Morgan fingerprint density at radius 1 is 1.06 bits per heavy atom. The van der Waals surface area contributed by atoms with Crippen molar-refractivity contribution in [3.05, 3.63) is 48.0 Å². The van der Waals surface area contributed by atoms with E-state index in [0.29, 0.717) is 5.92 Å². The van der Waals surface area contributed by atoms with Crippen molar-refractivity contribution in [3.63, 3.8) is 0 Å². The van der Waals surface area contributed by atoms with E-state index in [1.807, 2.05) is 0 Å². The Labute approximate surface area is 112 Å². The standard InChI is InChI=1S/C17H25N/c1-16(17-11-4-2-5-12-17)10-6-9-15-18-13-7-3-8-14-18/h2,4-6,9,11-12,16H,3,7-8,10,13-15H2,1H3/b9-6+. The largest absolute Gasteiger partial charge is 0.300 e. The molecule has 1 aliphatic heterocycles. The summed E-state index contributed by atoms with van der Waals surface area (Å²) in [6.45, 7) is 6.03. The molecule has 1 atom stereocenters. The molecule has 0 spiro atoms. The quantitative estimate of drug-likeness (QED) is 0.700. The van der Waals surface area contributed by atoms with Crippen molar-refractivity contribution >= 4 is 0 Å². The Morgan fingerprint density at radius 3 is 2.50 bits per heavy atom. The van der Waals surface area contributed by atoms with Gasteiger partial charge in [0.1, 0.15) is 0 Å². The van der Waals surface area contributed by atoms with Gasteiger partial charge in [0.05, 0.1) is 0 Å². The lowest BCUT2D eigenvalue weighted by Crippen LogP contribution is -2.29. The maximum atomic E-state index is 2.56. The molecule has 98 valence electrons. The SMILES string of the molecule is CC(C/C=C/CN1CCCCC1)c1ccccc1. The van der Waals surface area contributed by atoms with E-state index in [4.69, 9.17) is 0 Å². The molecule has 1 unspecified atom stereocenters. The number of nitrogens with zero attached hydrogens (tertiary/aromatic N) is 1. The highest BCUT2D eigenvalue weighted by Crippen LogP contribution is 2.18. The van der Waals surface area contributed by atoms with Gasteiger partial charge in [-0.15, -0.1) is 0 Å². The number of hydrogen-bond donors (Lipinski definition) is 0. The molecule has 0 radical (unpaired) electrons. The third kappa shape index (κ3) is 4.30. The van der Waals surface area contributed by atoms with Crippen LogP contribution < -0.4 is 0 Å². The molecule has 0 N–H and O–H groups in total. The average Bonchev–Trinajstić information content (AvgIpc) is 2.45. The summed E-state index contributed by atoms with van der Waals surface area (Å²) in [5, 5.41) is 0. The third-order valence-corrected chi connectivity index (χ3v) is 3.84. The van der Waals surface area contributed by atoms with Crippen molar-refractivity contribution in [2.24, 2.45) is 0 Å². The van der Waals surface area contributed by atoms with E-state index in [-0.39, 0.29) is 0 Å². The minimum absolute atomic E-state index is 0.629. The van der Waals surface area contributed by atoms with Crippen molar-refractivity contribution in [2.75, 3.05) is 19.6 Å². The minimum atomic E-state index is 0.629. The Kier molecular flexibility index (Phi) is 5.47. The topological polar surface area (TPSA) is 3.24 Å². The Balaban J connectivity index is 1.70. The number of allylic oxidation sites excluding steroid dienone is 1. The zero-order valence-corrected chi connectivity index (χ0v) is 11.5. The Hall–Kier alpha value is -1.08. The van der Waals surface area contributed by atoms with E-state index in [1.165, 1.54) is 37.9 Å². The zero-order chi connectivity index (χ0) is 12.6. The fourth-order valence-corrected chi connectivity index (χ4v) is 2.58. The van der Waals surface area contributed by atoms with Gasteiger partial charge in [-0.05, 0) is 43.8 Å². The van der Waals surface area contributed by atoms with Gasteiger partial charge in [0, 0.05) is 6.54 Å². The van der Waals surface area contributed by atoms with E-state index in [1.54, 1.807) is 0 Å². The highest BCUT2D eigenvalue weighted by molar-refractivity contribution is 5.19. The van der Waals surface area contributed by atoms with E-state index < -0.39 is 0 Å². The van der Waals surface area contributed by atoms with Crippen LogP contribution in [0.4, 0.5) is 0 Å². The van der Waals surface area contributed by atoms with Crippen LogP contribution >= 0.6 is 0 Å². The molecule has 1 aliphatic rings. The second kappa shape index (κ2) is 7.38. The van der Waals surface area contributed by atoms with Gasteiger partial charge in [-0.25, -0.2) is 0 Å². The number of rotatable bonds is 5. The summed E-state index contributed by atoms with van der Waals surface area (Å²) >= 11 is 0. The maximum absolute atomic E-state index is 2.56. The molecule has 0 amide bonds. The van der Waals surface area contributed by atoms with Gasteiger partial charge in [-0.2, -0.15) is 0 Å². The van der Waals surface area contributed by atoms with Gasteiger partial charge in [0.15, 0.2) is 0 Å². The van der Waals surface area contributed by atoms with Gasteiger partial charge in [0.2, 0.25) is 0 Å². The van der Waals surface area contributed by atoms with Crippen molar-refractivity contribution < 1.29 is 0 Å². The monoisotopic (exact) mass is 243 g/mol. The molecule has 1 nitrogen and oxygen atoms in total. The van der Waals surface area contributed by atoms with Gasteiger partial charge < -0.3 is 0 Å². The van der Waals surface area contributed by atoms with E-state index in [9.17, 15) is 0 Å². The number of benzene rings is 1. The molecule has 0 aliphatic carbocycles. The summed E-state index contributed by atoms with van der Waals surface area (Å²) in [7, 11) is 0. The fourth-order valence-electron chi connectivity index (χ4n) is 2.58. The fraction of sp³-hybridized carbons (Fsp3) is 0.529. The van der Waals surface area contributed by atoms with Gasteiger partial charge in [-0.3, -0.25) is 4.90 Å². The molecule has 1 aromatic rings. The first-order chi connectivity index (χ1) is 8.86. The summed E-state index contributed by atoms with van der Waals surface area (Å²) in [6, 6.07) is 10.8. The van der Waals surface area contributed by atoms with Crippen molar-refractivity contribution in [2.45, 2.75) is 38.5 Å². The third-order valence-electron chi connectivity index (χ3n) is 3.84. The average molecular weight is 243 g/mol. The normalized spacial score (nSPS) is 19.2. The lowest BCUT2D eigenvalue weighted by molar-refractivity contribution is 0.251. The predicted octanol–water partition coefficient (Wildman–Crippen LogP) is 4.22. The molecule has 1 heteroatoms. The van der Waals surface area contributed by atoms with Crippen LogP contribution in [0.5, 0.6) is 0 Å². The minimum Gasteiger partial charge on any atom is -0.300 e.